The smallest absolute Gasteiger partial charge is 0.147 e. The zero-order chi connectivity index (χ0) is 8.81. The molecule has 0 fully saturated rings. The van der Waals surface area contributed by atoms with Crippen molar-refractivity contribution < 1.29 is 0 Å². The molecule has 0 bridgehead atoms. The molecule has 0 amide bonds. The number of aryl methyl sites for hydroxylation is 1. The van der Waals surface area contributed by atoms with Crippen molar-refractivity contribution in [3.05, 3.63) is 12.3 Å². The van der Waals surface area contributed by atoms with Crippen LogP contribution in [0.4, 0.5) is 5.82 Å². The molecule has 0 aliphatic heterocycles. The second-order valence-electron chi connectivity index (χ2n) is 2.92. The standard InChI is InChI=1S/C9H17N3/c1-3-4-5-7-12-8-6-9(10-2)11-12/h6,8H,3-5,7H2,1-2H3,(H,10,11). The van der Waals surface area contributed by atoms with E-state index in [0.29, 0.717) is 0 Å². The van der Waals surface area contributed by atoms with Crippen LogP contribution in [0.5, 0.6) is 0 Å². The number of nitrogens with zero attached hydrogens (tertiary/aromatic N) is 2. The SMILES string of the molecule is CCCCCn1ccc(NC)n1. The van der Waals surface area contributed by atoms with Crippen LogP contribution in [0.3, 0.4) is 0 Å². The summed E-state index contributed by atoms with van der Waals surface area (Å²) in [5, 5.41) is 7.31. The molecule has 0 atom stereocenters. The summed E-state index contributed by atoms with van der Waals surface area (Å²) in [7, 11) is 1.89. The second-order valence-corrected chi connectivity index (χ2v) is 2.92. The molecule has 0 aromatic carbocycles. The van der Waals surface area contributed by atoms with Crippen LogP contribution in [-0.2, 0) is 6.54 Å². The van der Waals surface area contributed by atoms with Gasteiger partial charge in [-0.1, -0.05) is 19.8 Å². The van der Waals surface area contributed by atoms with Gasteiger partial charge in [-0.2, -0.15) is 5.10 Å². The molecule has 1 N–H and O–H groups in total. The third-order valence-corrected chi connectivity index (χ3v) is 1.89. The topological polar surface area (TPSA) is 29.9 Å². The van der Waals surface area contributed by atoms with Crippen molar-refractivity contribution in [3.63, 3.8) is 0 Å². The van der Waals surface area contributed by atoms with Gasteiger partial charge in [0.2, 0.25) is 0 Å². The minimum Gasteiger partial charge on any atom is -0.372 e. The fourth-order valence-corrected chi connectivity index (χ4v) is 1.14. The Labute approximate surface area is 73.8 Å². The molecule has 0 spiro atoms. The average molecular weight is 167 g/mol. The summed E-state index contributed by atoms with van der Waals surface area (Å²) in [6.45, 7) is 3.25. The molecule has 0 radical (unpaired) electrons. The highest BCUT2D eigenvalue weighted by atomic mass is 15.3. The maximum Gasteiger partial charge on any atom is 0.147 e. The molecule has 0 saturated carbocycles. The van der Waals surface area contributed by atoms with Crippen LogP contribution in [0.2, 0.25) is 0 Å². The van der Waals surface area contributed by atoms with Gasteiger partial charge < -0.3 is 5.32 Å². The Morgan fingerprint density at radius 3 is 2.92 bits per heavy atom. The van der Waals surface area contributed by atoms with Crippen molar-refractivity contribution in [1.29, 1.82) is 0 Å². The van der Waals surface area contributed by atoms with Crippen LogP contribution >= 0.6 is 0 Å². The Kier molecular flexibility index (Phi) is 3.64. The normalized spacial score (nSPS) is 10.2. The van der Waals surface area contributed by atoms with Crippen LogP contribution in [0.1, 0.15) is 26.2 Å². The molecule has 0 aliphatic carbocycles. The summed E-state index contributed by atoms with van der Waals surface area (Å²) in [5.74, 6) is 0.950. The average Bonchev–Trinajstić information content (AvgIpc) is 2.53. The minimum atomic E-state index is 0.950. The highest BCUT2D eigenvalue weighted by Crippen LogP contribution is 2.02. The van der Waals surface area contributed by atoms with Gasteiger partial charge in [-0.25, -0.2) is 0 Å². The van der Waals surface area contributed by atoms with Crippen LogP contribution < -0.4 is 5.32 Å². The van der Waals surface area contributed by atoms with Crippen molar-refractivity contribution in [1.82, 2.24) is 9.78 Å². The summed E-state index contributed by atoms with van der Waals surface area (Å²) < 4.78 is 1.99. The Morgan fingerprint density at radius 1 is 1.50 bits per heavy atom. The number of anilines is 1. The van der Waals surface area contributed by atoms with Crippen LogP contribution in [0, 0.1) is 0 Å². The van der Waals surface area contributed by atoms with Crippen molar-refractivity contribution in [2.45, 2.75) is 32.7 Å². The van der Waals surface area contributed by atoms with Gasteiger partial charge in [0, 0.05) is 25.9 Å². The Bertz CT molecular complexity index is 217. The number of aromatic nitrogens is 2. The summed E-state index contributed by atoms with van der Waals surface area (Å²) >= 11 is 0. The third kappa shape index (κ3) is 2.57. The molecule has 1 aromatic heterocycles. The van der Waals surface area contributed by atoms with Crippen molar-refractivity contribution in [2.75, 3.05) is 12.4 Å². The van der Waals surface area contributed by atoms with Crippen molar-refractivity contribution in [3.8, 4) is 0 Å². The maximum atomic E-state index is 4.31. The predicted molar refractivity (Wildman–Crippen MR) is 51.3 cm³/mol. The van der Waals surface area contributed by atoms with E-state index >= 15 is 0 Å². The quantitative estimate of drug-likeness (QED) is 0.681. The molecule has 3 nitrogen and oxygen atoms in total. The van der Waals surface area contributed by atoms with Gasteiger partial charge in [-0.15, -0.1) is 0 Å². The molecule has 0 saturated heterocycles. The van der Waals surface area contributed by atoms with Gasteiger partial charge in [0.1, 0.15) is 5.82 Å². The van der Waals surface area contributed by atoms with Crippen LogP contribution in [0.15, 0.2) is 12.3 Å². The van der Waals surface area contributed by atoms with Gasteiger partial charge in [0.25, 0.3) is 0 Å². The Balaban J connectivity index is 2.31. The van der Waals surface area contributed by atoms with Crippen molar-refractivity contribution >= 4 is 5.82 Å². The van der Waals surface area contributed by atoms with E-state index in [1.54, 1.807) is 0 Å². The number of unbranched alkanes of at least 4 members (excludes halogenated alkanes) is 2. The van der Waals surface area contributed by atoms with Gasteiger partial charge in [-0.05, 0) is 6.42 Å². The second kappa shape index (κ2) is 4.80. The summed E-state index contributed by atoms with van der Waals surface area (Å²) in [4.78, 5) is 0. The highest BCUT2D eigenvalue weighted by Gasteiger charge is 1.94. The first-order chi connectivity index (χ1) is 5.86. The van der Waals surface area contributed by atoms with E-state index in [2.05, 4.69) is 17.3 Å². The van der Waals surface area contributed by atoms with E-state index in [-0.39, 0.29) is 0 Å². The minimum absolute atomic E-state index is 0.950. The monoisotopic (exact) mass is 167 g/mol. The molecule has 12 heavy (non-hydrogen) atoms. The lowest BCUT2D eigenvalue weighted by molar-refractivity contribution is 0.554. The van der Waals surface area contributed by atoms with Crippen molar-refractivity contribution in [2.24, 2.45) is 0 Å². The molecule has 3 heteroatoms. The molecule has 0 unspecified atom stereocenters. The summed E-state index contributed by atoms with van der Waals surface area (Å²) in [6.07, 6.45) is 5.79. The summed E-state index contributed by atoms with van der Waals surface area (Å²) in [6, 6.07) is 1.99. The van der Waals surface area contributed by atoms with E-state index in [4.69, 9.17) is 0 Å². The molecule has 0 aliphatic rings. The van der Waals surface area contributed by atoms with Crippen LogP contribution in [-0.4, -0.2) is 16.8 Å². The van der Waals surface area contributed by atoms with Gasteiger partial charge in [0.15, 0.2) is 0 Å². The Hall–Kier alpha value is -0.990. The molecular weight excluding hydrogens is 150 g/mol. The molecule has 1 rings (SSSR count). The zero-order valence-corrected chi connectivity index (χ0v) is 7.88. The summed E-state index contributed by atoms with van der Waals surface area (Å²) in [5.41, 5.74) is 0. The van der Waals surface area contributed by atoms with Gasteiger partial charge in [0.05, 0.1) is 0 Å². The molecule has 1 aromatic rings. The van der Waals surface area contributed by atoms with Gasteiger partial charge in [-0.3, -0.25) is 4.68 Å². The first kappa shape index (κ1) is 9.10. The first-order valence-corrected chi connectivity index (χ1v) is 4.58. The fraction of sp³-hybridized carbons (Fsp3) is 0.667. The molecular formula is C9H17N3. The van der Waals surface area contributed by atoms with E-state index in [1.165, 1.54) is 19.3 Å². The van der Waals surface area contributed by atoms with E-state index in [9.17, 15) is 0 Å². The third-order valence-electron chi connectivity index (χ3n) is 1.89. The lowest BCUT2D eigenvalue weighted by Crippen LogP contribution is -1.99. The predicted octanol–water partition coefficient (Wildman–Crippen LogP) is 2.11. The Morgan fingerprint density at radius 2 is 2.33 bits per heavy atom. The van der Waals surface area contributed by atoms with E-state index in [0.717, 1.165) is 12.4 Å². The van der Waals surface area contributed by atoms with Crippen LogP contribution in [0.25, 0.3) is 0 Å². The lowest BCUT2D eigenvalue weighted by Gasteiger charge is -1.99. The van der Waals surface area contributed by atoms with Gasteiger partial charge >= 0.3 is 0 Å². The van der Waals surface area contributed by atoms with E-state index in [1.807, 2.05) is 24.0 Å². The first-order valence-electron chi connectivity index (χ1n) is 4.58. The largest absolute Gasteiger partial charge is 0.372 e. The lowest BCUT2D eigenvalue weighted by atomic mass is 10.2. The zero-order valence-electron chi connectivity index (χ0n) is 7.88. The fourth-order valence-electron chi connectivity index (χ4n) is 1.14. The molecule has 1 heterocycles. The number of hydrogen-bond acceptors (Lipinski definition) is 2. The number of hydrogen-bond donors (Lipinski definition) is 1. The molecule has 68 valence electrons. The number of nitrogens with one attached hydrogen (secondary N) is 1. The van der Waals surface area contributed by atoms with E-state index < -0.39 is 0 Å². The highest BCUT2D eigenvalue weighted by molar-refractivity contribution is 5.30. The maximum absolute atomic E-state index is 4.31. The number of rotatable bonds is 5.